The molecule has 0 fully saturated rings. The van der Waals surface area contributed by atoms with E-state index >= 15 is 0 Å². The molecule has 2 aromatic carbocycles. The zero-order chi connectivity index (χ0) is 19.8. The lowest BCUT2D eigenvalue weighted by Gasteiger charge is -2.11. The molecule has 4 rings (SSSR count). The average Bonchev–Trinajstić information content (AvgIpc) is 3.18. The van der Waals surface area contributed by atoms with Crippen LogP contribution in [0.3, 0.4) is 0 Å². The van der Waals surface area contributed by atoms with Gasteiger partial charge in [0, 0.05) is 22.6 Å². The van der Waals surface area contributed by atoms with Gasteiger partial charge in [0.05, 0.1) is 10.6 Å². The van der Waals surface area contributed by atoms with Gasteiger partial charge in [0.2, 0.25) is 5.78 Å². The Morgan fingerprint density at radius 2 is 2.04 bits per heavy atom. The minimum absolute atomic E-state index is 0.0191. The van der Waals surface area contributed by atoms with Crippen LogP contribution < -0.4 is 9.47 Å². The summed E-state index contributed by atoms with van der Waals surface area (Å²) < 4.78 is 25.5. The SMILES string of the molecule is Cc1ccsc1/C=C1\Oc2cc(OCc3c(F)cccc3Cl)cc(C)c2C1=O. The number of rotatable bonds is 4. The van der Waals surface area contributed by atoms with Crippen LogP contribution in [0.5, 0.6) is 11.5 Å². The third-order valence-corrected chi connectivity index (χ3v) is 5.87. The number of hydrogen-bond donors (Lipinski definition) is 0. The van der Waals surface area contributed by atoms with Crippen molar-refractivity contribution in [2.75, 3.05) is 0 Å². The van der Waals surface area contributed by atoms with Gasteiger partial charge in [-0.25, -0.2) is 4.39 Å². The summed E-state index contributed by atoms with van der Waals surface area (Å²) in [5, 5.41) is 2.28. The molecule has 0 saturated heterocycles. The molecular formula is C22H16ClFO3S. The Morgan fingerprint density at radius 3 is 2.75 bits per heavy atom. The number of benzene rings is 2. The van der Waals surface area contributed by atoms with Gasteiger partial charge in [-0.1, -0.05) is 17.7 Å². The predicted molar refractivity (Wildman–Crippen MR) is 109 cm³/mol. The van der Waals surface area contributed by atoms with Crippen molar-refractivity contribution in [3.05, 3.63) is 85.5 Å². The standard InChI is InChI=1S/C22H16ClFO3S/c1-12-6-7-28-20(12)10-19-22(25)21-13(2)8-14(9-18(21)27-19)26-11-15-16(23)4-3-5-17(15)24/h3-10H,11H2,1-2H3/b19-10-. The molecule has 0 aliphatic carbocycles. The number of Topliss-reactive ketones (excluding diaryl/α,β-unsaturated/α-hetero) is 1. The van der Waals surface area contributed by atoms with E-state index in [1.54, 1.807) is 41.7 Å². The molecule has 2 heterocycles. The number of ether oxygens (including phenoxy) is 2. The predicted octanol–water partition coefficient (Wildman–Crippen LogP) is 6.35. The number of carbonyl (C=O) groups excluding carboxylic acids is 1. The minimum atomic E-state index is -0.423. The quantitative estimate of drug-likeness (QED) is 0.466. The number of fused-ring (bicyclic) bond motifs is 1. The molecule has 3 aromatic rings. The second kappa shape index (κ2) is 7.41. The molecule has 0 N–H and O–H groups in total. The van der Waals surface area contributed by atoms with E-state index in [0.29, 0.717) is 22.1 Å². The summed E-state index contributed by atoms with van der Waals surface area (Å²) in [7, 11) is 0. The Labute approximate surface area is 171 Å². The summed E-state index contributed by atoms with van der Waals surface area (Å²) >= 11 is 7.60. The van der Waals surface area contributed by atoms with Gasteiger partial charge >= 0.3 is 0 Å². The Balaban J connectivity index is 1.60. The monoisotopic (exact) mass is 414 g/mol. The molecule has 28 heavy (non-hydrogen) atoms. The lowest BCUT2D eigenvalue weighted by atomic mass is 10.0. The molecule has 1 aromatic heterocycles. The Bertz CT molecular complexity index is 1100. The third kappa shape index (κ3) is 3.43. The van der Waals surface area contributed by atoms with Crippen LogP contribution in [-0.4, -0.2) is 5.78 Å². The van der Waals surface area contributed by atoms with Gasteiger partial charge in [0.25, 0.3) is 0 Å². The maximum absolute atomic E-state index is 13.9. The summed E-state index contributed by atoms with van der Waals surface area (Å²) in [5.74, 6) is 0.646. The maximum Gasteiger partial charge on any atom is 0.232 e. The summed E-state index contributed by atoms with van der Waals surface area (Å²) in [6, 6.07) is 9.88. The van der Waals surface area contributed by atoms with Gasteiger partial charge in [0.15, 0.2) is 5.76 Å². The number of hydrogen-bond acceptors (Lipinski definition) is 4. The molecule has 0 atom stereocenters. The number of carbonyl (C=O) groups is 1. The molecule has 0 amide bonds. The lowest BCUT2D eigenvalue weighted by molar-refractivity contribution is 0.101. The van der Waals surface area contributed by atoms with E-state index in [1.807, 2.05) is 25.3 Å². The van der Waals surface area contributed by atoms with Crippen LogP contribution in [-0.2, 0) is 6.61 Å². The fourth-order valence-corrected chi connectivity index (χ4v) is 4.10. The van der Waals surface area contributed by atoms with Gasteiger partial charge in [-0.3, -0.25) is 4.79 Å². The molecule has 6 heteroatoms. The first-order valence-corrected chi connectivity index (χ1v) is 9.88. The third-order valence-electron chi connectivity index (χ3n) is 4.55. The van der Waals surface area contributed by atoms with E-state index in [-0.39, 0.29) is 23.7 Å². The van der Waals surface area contributed by atoms with Crippen molar-refractivity contribution in [1.29, 1.82) is 0 Å². The van der Waals surface area contributed by atoms with Crippen LogP contribution in [0.25, 0.3) is 6.08 Å². The normalized spacial score (nSPS) is 14.3. The molecule has 1 aliphatic heterocycles. The van der Waals surface area contributed by atoms with Crippen LogP contribution in [0.4, 0.5) is 4.39 Å². The first-order chi connectivity index (χ1) is 13.4. The van der Waals surface area contributed by atoms with Crippen molar-refractivity contribution < 1.29 is 18.7 Å². The zero-order valence-corrected chi connectivity index (χ0v) is 16.8. The highest BCUT2D eigenvalue weighted by atomic mass is 35.5. The van der Waals surface area contributed by atoms with E-state index < -0.39 is 5.82 Å². The van der Waals surface area contributed by atoms with E-state index in [2.05, 4.69) is 0 Å². The largest absolute Gasteiger partial charge is 0.489 e. The van der Waals surface area contributed by atoms with Crippen molar-refractivity contribution in [2.24, 2.45) is 0 Å². The molecular weight excluding hydrogens is 399 g/mol. The molecule has 0 unspecified atom stereocenters. The molecule has 0 radical (unpaired) electrons. The molecule has 142 valence electrons. The first kappa shape index (κ1) is 18.7. The summed E-state index contributed by atoms with van der Waals surface area (Å²) in [5.41, 5.74) is 2.64. The second-order valence-electron chi connectivity index (χ2n) is 6.51. The number of allylic oxidation sites excluding steroid dienone is 1. The van der Waals surface area contributed by atoms with E-state index in [1.165, 1.54) is 6.07 Å². The first-order valence-electron chi connectivity index (χ1n) is 8.62. The molecule has 0 spiro atoms. The number of aryl methyl sites for hydroxylation is 2. The topological polar surface area (TPSA) is 35.5 Å². The smallest absolute Gasteiger partial charge is 0.232 e. The lowest BCUT2D eigenvalue weighted by Crippen LogP contribution is -2.01. The van der Waals surface area contributed by atoms with E-state index in [4.69, 9.17) is 21.1 Å². The van der Waals surface area contributed by atoms with Gasteiger partial charge in [-0.05, 0) is 54.6 Å². The highest BCUT2D eigenvalue weighted by Crippen LogP contribution is 2.38. The van der Waals surface area contributed by atoms with Gasteiger partial charge in [0.1, 0.15) is 23.9 Å². The molecule has 1 aliphatic rings. The van der Waals surface area contributed by atoms with E-state index in [9.17, 15) is 9.18 Å². The molecule has 0 saturated carbocycles. The van der Waals surface area contributed by atoms with Crippen LogP contribution >= 0.6 is 22.9 Å². The number of thiophene rings is 1. The average molecular weight is 415 g/mol. The summed E-state index contributed by atoms with van der Waals surface area (Å²) in [6.07, 6.45) is 1.77. The Hall–Kier alpha value is -2.63. The fourth-order valence-electron chi connectivity index (χ4n) is 3.04. The fraction of sp³-hybridized carbons (Fsp3) is 0.136. The second-order valence-corrected chi connectivity index (χ2v) is 7.86. The number of halogens is 2. The van der Waals surface area contributed by atoms with Crippen LogP contribution in [0.15, 0.2) is 47.5 Å². The summed E-state index contributed by atoms with van der Waals surface area (Å²) in [6.45, 7) is 3.79. The molecule has 0 bridgehead atoms. The highest BCUT2D eigenvalue weighted by molar-refractivity contribution is 7.11. The zero-order valence-electron chi connectivity index (χ0n) is 15.2. The van der Waals surface area contributed by atoms with E-state index in [0.717, 1.165) is 16.0 Å². The minimum Gasteiger partial charge on any atom is -0.489 e. The van der Waals surface area contributed by atoms with Gasteiger partial charge < -0.3 is 9.47 Å². The van der Waals surface area contributed by atoms with Crippen LogP contribution in [0, 0.1) is 19.7 Å². The van der Waals surface area contributed by atoms with Gasteiger partial charge in [-0.2, -0.15) is 0 Å². The Morgan fingerprint density at radius 1 is 1.21 bits per heavy atom. The van der Waals surface area contributed by atoms with Gasteiger partial charge in [-0.15, -0.1) is 11.3 Å². The number of ketones is 1. The Kier molecular flexibility index (Phi) is 4.96. The van der Waals surface area contributed by atoms with Crippen LogP contribution in [0.1, 0.15) is 31.9 Å². The van der Waals surface area contributed by atoms with Crippen molar-refractivity contribution in [2.45, 2.75) is 20.5 Å². The summed E-state index contributed by atoms with van der Waals surface area (Å²) in [4.78, 5) is 13.7. The van der Waals surface area contributed by atoms with Crippen molar-refractivity contribution in [1.82, 2.24) is 0 Å². The molecule has 3 nitrogen and oxygen atoms in total. The van der Waals surface area contributed by atoms with Crippen LogP contribution in [0.2, 0.25) is 5.02 Å². The highest BCUT2D eigenvalue weighted by Gasteiger charge is 2.30. The maximum atomic E-state index is 13.9. The van der Waals surface area contributed by atoms with Crippen molar-refractivity contribution in [3.8, 4) is 11.5 Å². The van der Waals surface area contributed by atoms with Crippen molar-refractivity contribution in [3.63, 3.8) is 0 Å². The van der Waals surface area contributed by atoms with Crippen molar-refractivity contribution >= 4 is 34.8 Å².